The van der Waals surface area contributed by atoms with Gasteiger partial charge in [-0.1, -0.05) is 13.3 Å². The Bertz CT molecular complexity index is 569. The van der Waals surface area contributed by atoms with E-state index < -0.39 is 5.60 Å². The lowest BCUT2D eigenvalue weighted by Crippen LogP contribution is -2.63. The van der Waals surface area contributed by atoms with Crippen molar-refractivity contribution in [2.45, 2.75) is 31.8 Å². The Balaban J connectivity index is 1.59. The van der Waals surface area contributed by atoms with E-state index in [1.807, 2.05) is 29.1 Å². The molecule has 0 radical (unpaired) electrons. The number of hydrogen-bond acceptors (Lipinski definition) is 4. The smallest absolute Gasteiger partial charge is 0.228 e. The third kappa shape index (κ3) is 2.37. The molecule has 0 aliphatic carbocycles. The molecule has 1 amide bonds. The van der Waals surface area contributed by atoms with Crippen molar-refractivity contribution in [2.24, 2.45) is 0 Å². The van der Waals surface area contributed by atoms with Gasteiger partial charge in [0.1, 0.15) is 0 Å². The van der Waals surface area contributed by atoms with E-state index in [0.717, 1.165) is 23.5 Å². The van der Waals surface area contributed by atoms with Crippen LogP contribution in [0.3, 0.4) is 0 Å². The molecule has 3 rings (SSSR count). The molecule has 1 aliphatic rings. The first-order chi connectivity index (χ1) is 9.09. The number of aromatic nitrogens is 2. The van der Waals surface area contributed by atoms with Crippen LogP contribution < -0.4 is 0 Å². The summed E-state index contributed by atoms with van der Waals surface area (Å²) < 4.78 is 1.93. The number of amides is 1. The van der Waals surface area contributed by atoms with Crippen molar-refractivity contribution in [3.05, 3.63) is 23.5 Å². The van der Waals surface area contributed by atoms with Gasteiger partial charge in [0.15, 0.2) is 4.96 Å². The van der Waals surface area contributed by atoms with Crippen LogP contribution in [0.5, 0.6) is 0 Å². The Kier molecular flexibility index (Phi) is 3.06. The molecule has 0 unspecified atom stereocenters. The second-order valence-corrected chi connectivity index (χ2v) is 6.10. The van der Waals surface area contributed by atoms with E-state index in [0.29, 0.717) is 19.5 Å². The Morgan fingerprint density at radius 2 is 2.37 bits per heavy atom. The molecule has 1 saturated heterocycles. The molecule has 6 heteroatoms. The van der Waals surface area contributed by atoms with Crippen LogP contribution >= 0.6 is 11.3 Å². The maximum absolute atomic E-state index is 12.1. The lowest BCUT2D eigenvalue weighted by molar-refractivity contribution is -0.155. The van der Waals surface area contributed by atoms with Gasteiger partial charge in [-0.3, -0.25) is 9.20 Å². The zero-order valence-electron chi connectivity index (χ0n) is 10.9. The van der Waals surface area contributed by atoms with Crippen LogP contribution in [-0.2, 0) is 11.2 Å². The summed E-state index contributed by atoms with van der Waals surface area (Å²) in [7, 11) is 0. The van der Waals surface area contributed by atoms with Crippen LogP contribution in [0.2, 0.25) is 0 Å². The van der Waals surface area contributed by atoms with Crippen molar-refractivity contribution in [1.29, 1.82) is 0 Å². The van der Waals surface area contributed by atoms with Crippen molar-refractivity contribution in [3.63, 3.8) is 0 Å². The van der Waals surface area contributed by atoms with Crippen molar-refractivity contribution < 1.29 is 9.90 Å². The predicted octanol–water partition coefficient (Wildman–Crippen LogP) is 1.31. The molecule has 1 fully saturated rings. The van der Waals surface area contributed by atoms with Gasteiger partial charge in [-0.05, 0) is 6.42 Å². The highest BCUT2D eigenvalue weighted by Crippen LogP contribution is 2.26. The molecule has 19 heavy (non-hydrogen) atoms. The zero-order chi connectivity index (χ0) is 13.5. The van der Waals surface area contributed by atoms with Crippen LogP contribution in [0, 0.1) is 0 Å². The number of β-amino-alcohol motifs (C(OH)–C–C–N with tert-alkyl or cyclic N) is 1. The van der Waals surface area contributed by atoms with Gasteiger partial charge in [0.25, 0.3) is 0 Å². The van der Waals surface area contributed by atoms with Gasteiger partial charge in [-0.2, -0.15) is 0 Å². The Morgan fingerprint density at radius 1 is 1.58 bits per heavy atom. The van der Waals surface area contributed by atoms with Gasteiger partial charge in [0, 0.05) is 17.8 Å². The highest BCUT2D eigenvalue weighted by Gasteiger charge is 2.42. The highest BCUT2D eigenvalue weighted by atomic mass is 32.1. The second kappa shape index (κ2) is 4.61. The molecule has 2 aromatic rings. The molecular weight excluding hydrogens is 262 g/mol. The van der Waals surface area contributed by atoms with Crippen LogP contribution in [-0.4, -0.2) is 44.0 Å². The minimum Gasteiger partial charge on any atom is -0.386 e. The number of aliphatic hydroxyl groups is 1. The van der Waals surface area contributed by atoms with E-state index in [4.69, 9.17) is 0 Å². The Morgan fingerprint density at radius 3 is 3.05 bits per heavy atom. The zero-order valence-corrected chi connectivity index (χ0v) is 11.7. The average Bonchev–Trinajstić information content (AvgIpc) is 2.86. The van der Waals surface area contributed by atoms with Gasteiger partial charge in [0.2, 0.25) is 5.91 Å². The first-order valence-corrected chi connectivity index (χ1v) is 7.39. The summed E-state index contributed by atoms with van der Waals surface area (Å²) in [6.07, 6.45) is 5.84. The van der Waals surface area contributed by atoms with Crippen LogP contribution in [0.25, 0.3) is 4.96 Å². The lowest BCUT2D eigenvalue weighted by Gasteiger charge is -2.46. The molecular formula is C13H17N3O2S. The van der Waals surface area contributed by atoms with Crippen LogP contribution in [0.15, 0.2) is 17.8 Å². The van der Waals surface area contributed by atoms with E-state index in [-0.39, 0.29) is 5.91 Å². The fraction of sp³-hybridized carbons (Fsp3) is 0.538. The maximum Gasteiger partial charge on any atom is 0.228 e. The summed E-state index contributed by atoms with van der Waals surface area (Å²) in [4.78, 5) is 19.1. The van der Waals surface area contributed by atoms with Gasteiger partial charge >= 0.3 is 0 Å². The number of imidazole rings is 1. The van der Waals surface area contributed by atoms with Gasteiger partial charge in [-0.25, -0.2) is 4.98 Å². The summed E-state index contributed by atoms with van der Waals surface area (Å²) in [5.41, 5.74) is 0.140. The summed E-state index contributed by atoms with van der Waals surface area (Å²) in [5.74, 6) is 0.0477. The number of thiazole rings is 1. The fourth-order valence-electron chi connectivity index (χ4n) is 2.59. The number of carbonyl (C=O) groups excluding carboxylic acids is 1. The largest absolute Gasteiger partial charge is 0.386 e. The topological polar surface area (TPSA) is 57.8 Å². The quantitative estimate of drug-likeness (QED) is 0.918. The molecule has 102 valence electrons. The molecule has 0 saturated carbocycles. The fourth-order valence-corrected chi connectivity index (χ4v) is 3.31. The minimum atomic E-state index is -0.654. The monoisotopic (exact) mass is 279 g/mol. The van der Waals surface area contributed by atoms with Crippen molar-refractivity contribution >= 4 is 22.2 Å². The number of rotatable bonds is 4. The van der Waals surface area contributed by atoms with E-state index in [1.54, 1.807) is 16.2 Å². The summed E-state index contributed by atoms with van der Waals surface area (Å²) in [5, 5.41) is 12.0. The molecule has 5 nitrogen and oxygen atoms in total. The Labute approximate surface area is 115 Å². The minimum absolute atomic E-state index is 0.0477. The number of hydrogen-bond donors (Lipinski definition) is 1. The standard InChI is InChI=1S/C13H17N3O2S/c1-2-3-13(18)8-16(9-13)11(17)6-10-7-15-4-5-19-12(15)14-10/h4-5,7,18H,2-3,6,8-9H2,1H3. The van der Waals surface area contributed by atoms with Crippen molar-refractivity contribution in [1.82, 2.24) is 14.3 Å². The van der Waals surface area contributed by atoms with Crippen LogP contribution in [0.1, 0.15) is 25.5 Å². The van der Waals surface area contributed by atoms with Gasteiger partial charge < -0.3 is 10.0 Å². The third-order valence-electron chi connectivity index (χ3n) is 3.51. The number of likely N-dealkylation sites (tertiary alicyclic amines) is 1. The molecule has 0 aromatic carbocycles. The number of carbonyl (C=O) groups is 1. The summed E-state index contributed by atoms with van der Waals surface area (Å²) >= 11 is 1.56. The summed E-state index contributed by atoms with van der Waals surface area (Å²) in [6, 6.07) is 0. The number of fused-ring (bicyclic) bond motifs is 1. The predicted molar refractivity (Wildman–Crippen MR) is 73.2 cm³/mol. The van der Waals surface area contributed by atoms with Crippen LogP contribution in [0.4, 0.5) is 0 Å². The second-order valence-electron chi connectivity index (χ2n) is 5.23. The highest BCUT2D eigenvalue weighted by molar-refractivity contribution is 7.15. The van der Waals surface area contributed by atoms with Gasteiger partial charge in [0.05, 0.1) is 30.8 Å². The first-order valence-electron chi connectivity index (χ1n) is 6.51. The molecule has 2 aromatic heterocycles. The van der Waals surface area contributed by atoms with Crippen molar-refractivity contribution in [3.8, 4) is 0 Å². The maximum atomic E-state index is 12.1. The normalized spacial score (nSPS) is 17.7. The third-order valence-corrected chi connectivity index (χ3v) is 4.28. The molecule has 1 aliphatic heterocycles. The molecule has 3 heterocycles. The molecule has 0 bridgehead atoms. The molecule has 0 atom stereocenters. The van der Waals surface area contributed by atoms with E-state index in [1.165, 1.54) is 0 Å². The summed E-state index contributed by atoms with van der Waals surface area (Å²) in [6.45, 7) is 2.96. The first kappa shape index (κ1) is 12.6. The van der Waals surface area contributed by atoms with E-state index >= 15 is 0 Å². The molecule has 1 N–H and O–H groups in total. The lowest BCUT2D eigenvalue weighted by atomic mass is 9.89. The number of nitrogens with zero attached hydrogens (tertiary/aromatic N) is 3. The van der Waals surface area contributed by atoms with Crippen molar-refractivity contribution in [2.75, 3.05) is 13.1 Å². The van der Waals surface area contributed by atoms with Gasteiger partial charge in [-0.15, -0.1) is 11.3 Å². The SMILES string of the molecule is CCCC1(O)CN(C(=O)Cc2cn3ccsc3n2)C1. The van der Waals surface area contributed by atoms with E-state index in [2.05, 4.69) is 4.98 Å². The van der Waals surface area contributed by atoms with E-state index in [9.17, 15) is 9.90 Å². The average molecular weight is 279 g/mol. The Hall–Kier alpha value is -1.40. The molecule has 0 spiro atoms.